The number of nitrogens with one attached hydrogen (secondary N) is 2. The topological polar surface area (TPSA) is 48.1 Å². The van der Waals surface area contributed by atoms with Crippen LogP contribution in [-0.2, 0) is 11.2 Å². The Kier molecular flexibility index (Phi) is 3.99. The van der Waals surface area contributed by atoms with Gasteiger partial charge in [-0.25, -0.2) is 0 Å². The number of carbonyl (C=O) groups excluding carboxylic acids is 1. The van der Waals surface area contributed by atoms with Gasteiger partial charge in [0.25, 0.3) is 0 Å². The molecule has 0 bridgehead atoms. The summed E-state index contributed by atoms with van der Waals surface area (Å²) < 4.78 is 0. The van der Waals surface area contributed by atoms with Crippen molar-refractivity contribution < 1.29 is 4.79 Å². The lowest BCUT2D eigenvalue weighted by molar-refractivity contribution is -0.131. The van der Waals surface area contributed by atoms with Crippen LogP contribution in [0.2, 0.25) is 0 Å². The molecule has 0 saturated carbocycles. The number of aromatic amines is 1. The Labute approximate surface area is 96.0 Å². The molecule has 1 fully saturated rings. The lowest BCUT2D eigenvalue weighted by atomic mass is 10.1. The number of rotatable bonds is 4. The van der Waals surface area contributed by atoms with Crippen LogP contribution in [-0.4, -0.2) is 42.0 Å². The van der Waals surface area contributed by atoms with Gasteiger partial charge >= 0.3 is 0 Å². The van der Waals surface area contributed by atoms with Gasteiger partial charge in [0.15, 0.2) is 0 Å². The largest absolute Gasteiger partial charge is 0.367 e. The fraction of sp³-hybridized carbons (Fsp3) is 0.583. The molecule has 1 saturated heterocycles. The zero-order chi connectivity index (χ0) is 11.2. The van der Waals surface area contributed by atoms with Crippen LogP contribution in [0.25, 0.3) is 0 Å². The van der Waals surface area contributed by atoms with E-state index in [0.717, 1.165) is 39.0 Å². The third kappa shape index (κ3) is 3.10. The van der Waals surface area contributed by atoms with E-state index in [2.05, 4.69) is 16.4 Å². The molecule has 1 aromatic heterocycles. The second kappa shape index (κ2) is 5.70. The van der Waals surface area contributed by atoms with E-state index < -0.39 is 0 Å². The summed E-state index contributed by atoms with van der Waals surface area (Å²) in [6.07, 6.45) is 6.52. The molecule has 0 aliphatic carbocycles. The van der Waals surface area contributed by atoms with Gasteiger partial charge in [0, 0.05) is 45.0 Å². The second-order valence-corrected chi connectivity index (χ2v) is 4.20. The fourth-order valence-electron chi connectivity index (χ4n) is 2.03. The van der Waals surface area contributed by atoms with Crippen molar-refractivity contribution >= 4 is 5.91 Å². The van der Waals surface area contributed by atoms with Crippen LogP contribution in [0.3, 0.4) is 0 Å². The van der Waals surface area contributed by atoms with Crippen LogP contribution < -0.4 is 5.32 Å². The average Bonchev–Trinajstić information content (AvgIpc) is 2.83. The number of piperazine rings is 1. The molecule has 2 rings (SSSR count). The third-order valence-corrected chi connectivity index (χ3v) is 2.99. The number of carbonyl (C=O) groups is 1. The second-order valence-electron chi connectivity index (χ2n) is 4.20. The van der Waals surface area contributed by atoms with Crippen molar-refractivity contribution in [3.63, 3.8) is 0 Å². The first kappa shape index (κ1) is 11.2. The summed E-state index contributed by atoms with van der Waals surface area (Å²) in [7, 11) is 0. The number of hydrogen-bond acceptors (Lipinski definition) is 2. The molecule has 16 heavy (non-hydrogen) atoms. The Morgan fingerprint density at radius 1 is 1.38 bits per heavy atom. The van der Waals surface area contributed by atoms with Crippen molar-refractivity contribution in [2.24, 2.45) is 0 Å². The summed E-state index contributed by atoms with van der Waals surface area (Å²) in [5, 5.41) is 3.25. The zero-order valence-electron chi connectivity index (χ0n) is 9.54. The Morgan fingerprint density at radius 3 is 2.88 bits per heavy atom. The highest BCUT2D eigenvalue weighted by molar-refractivity contribution is 5.76. The molecular formula is C12H19N3O. The van der Waals surface area contributed by atoms with E-state index in [0.29, 0.717) is 12.3 Å². The maximum absolute atomic E-state index is 11.8. The highest BCUT2D eigenvalue weighted by Crippen LogP contribution is 2.06. The molecule has 1 aromatic rings. The monoisotopic (exact) mass is 221 g/mol. The van der Waals surface area contributed by atoms with Gasteiger partial charge in [-0.1, -0.05) is 0 Å². The maximum atomic E-state index is 11.8. The summed E-state index contributed by atoms with van der Waals surface area (Å²) in [5.41, 5.74) is 1.29. The van der Waals surface area contributed by atoms with Gasteiger partial charge < -0.3 is 15.2 Å². The van der Waals surface area contributed by atoms with E-state index in [-0.39, 0.29) is 0 Å². The van der Waals surface area contributed by atoms with Crippen LogP contribution in [0.4, 0.5) is 0 Å². The summed E-state index contributed by atoms with van der Waals surface area (Å²) in [4.78, 5) is 16.8. The van der Waals surface area contributed by atoms with E-state index >= 15 is 0 Å². The van der Waals surface area contributed by atoms with Crippen LogP contribution >= 0.6 is 0 Å². The third-order valence-electron chi connectivity index (χ3n) is 2.99. The first-order valence-corrected chi connectivity index (χ1v) is 5.96. The minimum Gasteiger partial charge on any atom is -0.367 e. The minimum absolute atomic E-state index is 0.303. The molecule has 1 aliphatic rings. The van der Waals surface area contributed by atoms with Gasteiger partial charge in [0.1, 0.15) is 0 Å². The summed E-state index contributed by atoms with van der Waals surface area (Å²) in [6, 6.07) is 2.06. The molecule has 0 aromatic carbocycles. The molecular weight excluding hydrogens is 202 g/mol. The Hall–Kier alpha value is -1.29. The molecule has 4 heteroatoms. The van der Waals surface area contributed by atoms with E-state index in [4.69, 9.17) is 0 Å². The standard InChI is InChI=1S/C12H19N3O/c16-12(15-8-6-13-7-9-15)3-1-2-11-4-5-14-10-11/h4-5,10,13-14H,1-3,6-9H2. The van der Waals surface area contributed by atoms with Gasteiger partial charge in [-0.05, 0) is 24.5 Å². The number of amides is 1. The average molecular weight is 221 g/mol. The van der Waals surface area contributed by atoms with Crippen molar-refractivity contribution in [3.8, 4) is 0 Å². The van der Waals surface area contributed by atoms with E-state index in [1.54, 1.807) is 0 Å². The molecule has 88 valence electrons. The van der Waals surface area contributed by atoms with Gasteiger partial charge in [-0.3, -0.25) is 4.79 Å². The Bertz CT molecular complexity index is 315. The number of H-pyrrole nitrogens is 1. The number of aromatic nitrogens is 1. The van der Waals surface area contributed by atoms with Crippen molar-refractivity contribution in [3.05, 3.63) is 24.0 Å². The molecule has 1 aliphatic heterocycles. The van der Waals surface area contributed by atoms with Gasteiger partial charge in [0.05, 0.1) is 0 Å². The van der Waals surface area contributed by atoms with E-state index in [9.17, 15) is 4.79 Å². The van der Waals surface area contributed by atoms with E-state index in [1.807, 2.05) is 17.3 Å². The Morgan fingerprint density at radius 2 is 2.19 bits per heavy atom. The molecule has 4 nitrogen and oxygen atoms in total. The van der Waals surface area contributed by atoms with E-state index in [1.165, 1.54) is 5.56 Å². The normalized spacial score (nSPS) is 16.4. The van der Waals surface area contributed by atoms with Crippen LogP contribution in [0, 0.1) is 0 Å². The first-order valence-electron chi connectivity index (χ1n) is 5.96. The predicted octanol–water partition coefficient (Wildman–Crippen LogP) is 0.769. The lowest BCUT2D eigenvalue weighted by Crippen LogP contribution is -2.46. The SMILES string of the molecule is O=C(CCCc1cc[nH]c1)N1CCNCC1. The molecule has 0 spiro atoms. The van der Waals surface area contributed by atoms with Crippen molar-refractivity contribution in [2.75, 3.05) is 26.2 Å². The predicted molar refractivity (Wildman–Crippen MR) is 63.2 cm³/mol. The number of nitrogens with zero attached hydrogens (tertiary/aromatic N) is 1. The molecule has 0 unspecified atom stereocenters. The summed E-state index contributed by atoms with van der Waals surface area (Å²) in [5.74, 6) is 0.303. The van der Waals surface area contributed by atoms with Crippen molar-refractivity contribution in [2.45, 2.75) is 19.3 Å². The molecule has 0 radical (unpaired) electrons. The van der Waals surface area contributed by atoms with Crippen molar-refractivity contribution in [1.82, 2.24) is 15.2 Å². The Balaban J connectivity index is 1.67. The zero-order valence-corrected chi connectivity index (χ0v) is 9.54. The first-order chi connectivity index (χ1) is 7.86. The summed E-state index contributed by atoms with van der Waals surface area (Å²) >= 11 is 0. The maximum Gasteiger partial charge on any atom is 0.222 e. The fourth-order valence-corrected chi connectivity index (χ4v) is 2.03. The summed E-state index contributed by atoms with van der Waals surface area (Å²) in [6.45, 7) is 3.60. The minimum atomic E-state index is 0.303. The number of aryl methyl sites for hydroxylation is 1. The molecule has 0 atom stereocenters. The smallest absolute Gasteiger partial charge is 0.222 e. The van der Waals surface area contributed by atoms with Gasteiger partial charge in [-0.15, -0.1) is 0 Å². The number of hydrogen-bond donors (Lipinski definition) is 2. The molecule has 2 N–H and O–H groups in total. The molecule has 2 heterocycles. The highest BCUT2D eigenvalue weighted by Gasteiger charge is 2.15. The van der Waals surface area contributed by atoms with Gasteiger partial charge in [-0.2, -0.15) is 0 Å². The lowest BCUT2D eigenvalue weighted by Gasteiger charge is -2.27. The van der Waals surface area contributed by atoms with Crippen LogP contribution in [0.15, 0.2) is 18.5 Å². The molecule has 1 amide bonds. The highest BCUT2D eigenvalue weighted by atomic mass is 16.2. The van der Waals surface area contributed by atoms with Crippen LogP contribution in [0.1, 0.15) is 18.4 Å². The quantitative estimate of drug-likeness (QED) is 0.789. The van der Waals surface area contributed by atoms with Gasteiger partial charge in [0.2, 0.25) is 5.91 Å². The van der Waals surface area contributed by atoms with Crippen molar-refractivity contribution in [1.29, 1.82) is 0 Å². The van der Waals surface area contributed by atoms with Crippen LogP contribution in [0.5, 0.6) is 0 Å².